The second kappa shape index (κ2) is 6.48. The summed E-state index contributed by atoms with van der Waals surface area (Å²) >= 11 is 13.5. The van der Waals surface area contributed by atoms with Crippen molar-refractivity contribution in [3.8, 4) is 0 Å². The van der Waals surface area contributed by atoms with Crippen molar-refractivity contribution in [2.75, 3.05) is 5.75 Å². The van der Waals surface area contributed by atoms with Crippen molar-refractivity contribution in [2.24, 2.45) is 0 Å². The Hall–Kier alpha value is -0.670. The van der Waals surface area contributed by atoms with E-state index in [4.69, 9.17) is 23.2 Å². The van der Waals surface area contributed by atoms with Gasteiger partial charge in [-0.15, -0.1) is 11.8 Å². The predicted octanol–water partition coefficient (Wildman–Crippen LogP) is 4.82. The van der Waals surface area contributed by atoms with Gasteiger partial charge in [0.1, 0.15) is 0 Å². The fourth-order valence-corrected chi connectivity index (χ4v) is 2.95. The Morgan fingerprint density at radius 2 is 1.83 bits per heavy atom. The normalized spacial score (nSPS) is 12.4. The van der Waals surface area contributed by atoms with E-state index in [2.05, 4.69) is 0 Å². The summed E-state index contributed by atoms with van der Waals surface area (Å²) in [5.41, 5.74) is 0.821. The number of aliphatic hydroxyl groups is 1. The molecular weight excluding hydrogens is 287 g/mol. The van der Waals surface area contributed by atoms with E-state index in [1.54, 1.807) is 12.1 Å². The minimum Gasteiger partial charge on any atom is -0.388 e. The molecule has 0 aromatic heterocycles. The Morgan fingerprint density at radius 1 is 1.06 bits per heavy atom. The molecule has 0 heterocycles. The monoisotopic (exact) mass is 298 g/mol. The molecule has 0 aliphatic rings. The van der Waals surface area contributed by atoms with Crippen LogP contribution in [0.5, 0.6) is 0 Å². The Kier molecular flexibility index (Phi) is 4.95. The Morgan fingerprint density at radius 3 is 2.56 bits per heavy atom. The molecule has 0 fully saturated rings. The zero-order chi connectivity index (χ0) is 13.0. The Bertz CT molecular complexity index is 531. The lowest BCUT2D eigenvalue weighted by Crippen LogP contribution is -2.00. The van der Waals surface area contributed by atoms with Crippen LogP contribution in [-0.2, 0) is 0 Å². The van der Waals surface area contributed by atoms with Gasteiger partial charge in [0.2, 0.25) is 0 Å². The van der Waals surface area contributed by atoms with Crippen LogP contribution >= 0.6 is 35.0 Å². The van der Waals surface area contributed by atoms with Gasteiger partial charge in [0.05, 0.1) is 11.1 Å². The highest BCUT2D eigenvalue weighted by Gasteiger charge is 2.09. The summed E-state index contributed by atoms with van der Waals surface area (Å²) in [6.45, 7) is 0. The molecule has 0 bridgehead atoms. The molecule has 4 heteroatoms. The first-order valence-corrected chi connectivity index (χ1v) is 7.22. The van der Waals surface area contributed by atoms with E-state index in [1.165, 1.54) is 11.8 Å². The standard InChI is InChI=1S/C14H12Cl2OS/c15-11-5-3-4-10(8-11)13(17)9-18-14-7-2-1-6-12(14)16/h1-8,13,17H,9H2. The van der Waals surface area contributed by atoms with Gasteiger partial charge in [-0.2, -0.15) is 0 Å². The summed E-state index contributed by atoms with van der Waals surface area (Å²) in [5, 5.41) is 11.4. The highest BCUT2D eigenvalue weighted by atomic mass is 35.5. The average molecular weight is 299 g/mol. The molecule has 0 aliphatic carbocycles. The number of hydrogen-bond acceptors (Lipinski definition) is 2. The molecule has 1 atom stereocenters. The third kappa shape index (κ3) is 3.66. The highest BCUT2D eigenvalue weighted by Crippen LogP contribution is 2.30. The van der Waals surface area contributed by atoms with Crippen LogP contribution in [0, 0.1) is 0 Å². The van der Waals surface area contributed by atoms with Gasteiger partial charge in [-0.05, 0) is 29.8 Å². The number of rotatable bonds is 4. The van der Waals surface area contributed by atoms with Crippen LogP contribution in [0.1, 0.15) is 11.7 Å². The molecule has 1 unspecified atom stereocenters. The molecule has 18 heavy (non-hydrogen) atoms. The quantitative estimate of drug-likeness (QED) is 0.817. The molecule has 2 aromatic rings. The fourth-order valence-electron chi connectivity index (χ4n) is 1.54. The van der Waals surface area contributed by atoms with E-state index in [-0.39, 0.29) is 0 Å². The van der Waals surface area contributed by atoms with Crippen LogP contribution in [0.2, 0.25) is 10.0 Å². The van der Waals surface area contributed by atoms with Crippen LogP contribution < -0.4 is 0 Å². The zero-order valence-corrected chi connectivity index (χ0v) is 11.8. The van der Waals surface area contributed by atoms with Gasteiger partial charge in [0.25, 0.3) is 0 Å². The Balaban J connectivity index is 2.00. The lowest BCUT2D eigenvalue weighted by molar-refractivity contribution is 0.204. The topological polar surface area (TPSA) is 20.2 Å². The van der Waals surface area contributed by atoms with Crippen molar-refractivity contribution >= 4 is 35.0 Å². The number of benzene rings is 2. The summed E-state index contributed by atoms with van der Waals surface area (Å²) in [6.07, 6.45) is -0.551. The number of thioether (sulfide) groups is 1. The SMILES string of the molecule is OC(CSc1ccccc1Cl)c1cccc(Cl)c1. The van der Waals surface area contributed by atoms with E-state index >= 15 is 0 Å². The maximum absolute atomic E-state index is 10.1. The highest BCUT2D eigenvalue weighted by molar-refractivity contribution is 7.99. The van der Waals surface area contributed by atoms with E-state index in [0.29, 0.717) is 15.8 Å². The summed E-state index contributed by atoms with van der Waals surface area (Å²) in [6, 6.07) is 14.9. The van der Waals surface area contributed by atoms with Gasteiger partial charge in [-0.1, -0.05) is 47.5 Å². The summed E-state index contributed by atoms with van der Waals surface area (Å²) < 4.78 is 0. The van der Waals surface area contributed by atoms with Gasteiger partial charge in [0, 0.05) is 15.7 Å². The van der Waals surface area contributed by atoms with Crippen molar-refractivity contribution in [3.63, 3.8) is 0 Å². The first-order chi connectivity index (χ1) is 8.66. The maximum Gasteiger partial charge on any atom is 0.0884 e. The lowest BCUT2D eigenvalue weighted by Gasteiger charge is -2.11. The van der Waals surface area contributed by atoms with Gasteiger partial charge < -0.3 is 5.11 Å². The molecule has 2 rings (SSSR count). The van der Waals surface area contributed by atoms with Crippen molar-refractivity contribution in [1.29, 1.82) is 0 Å². The van der Waals surface area contributed by atoms with E-state index in [9.17, 15) is 5.11 Å². The third-order valence-electron chi connectivity index (χ3n) is 2.47. The lowest BCUT2D eigenvalue weighted by atomic mass is 10.1. The minimum atomic E-state index is -0.551. The molecule has 0 radical (unpaired) electrons. The second-order valence-corrected chi connectivity index (χ2v) is 5.72. The van der Waals surface area contributed by atoms with Crippen molar-refractivity contribution in [2.45, 2.75) is 11.0 Å². The van der Waals surface area contributed by atoms with Crippen LogP contribution in [0.25, 0.3) is 0 Å². The van der Waals surface area contributed by atoms with Crippen LogP contribution in [-0.4, -0.2) is 10.9 Å². The molecule has 2 aromatic carbocycles. The van der Waals surface area contributed by atoms with Gasteiger partial charge in [-0.25, -0.2) is 0 Å². The third-order valence-corrected chi connectivity index (χ3v) is 4.29. The number of aliphatic hydroxyl groups excluding tert-OH is 1. The minimum absolute atomic E-state index is 0.546. The van der Waals surface area contributed by atoms with E-state index < -0.39 is 6.10 Å². The number of hydrogen-bond donors (Lipinski definition) is 1. The molecule has 0 aliphatic heterocycles. The molecule has 1 N–H and O–H groups in total. The van der Waals surface area contributed by atoms with E-state index in [0.717, 1.165) is 10.5 Å². The average Bonchev–Trinajstić information content (AvgIpc) is 2.37. The smallest absolute Gasteiger partial charge is 0.0884 e. The molecule has 0 spiro atoms. The van der Waals surface area contributed by atoms with Gasteiger partial charge in [0.15, 0.2) is 0 Å². The van der Waals surface area contributed by atoms with Crippen LogP contribution in [0.3, 0.4) is 0 Å². The van der Waals surface area contributed by atoms with Crippen LogP contribution in [0.15, 0.2) is 53.4 Å². The van der Waals surface area contributed by atoms with Crippen molar-refractivity contribution < 1.29 is 5.11 Å². The molecule has 1 nitrogen and oxygen atoms in total. The largest absolute Gasteiger partial charge is 0.388 e. The molecule has 0 amide bonds. The maximum atomic E-state index is 10.1. The van der Waals surface area contributed by atoms with Crippen LogP contribution in [0.4, 0.5) is 0 Å². The first kappa shape index (κ1) is 13.8. The molecular formula is C14H12Cl2OS. The first-order valence-electron chi connectivity index (χ1n) is 5.47. The predicted molar refractivity (Wildman–Crippen MR) is 78.6 cm³/mol. The summed E-state index contributed by atoms with van der Waals surface area (Å²) in [7, 11) is 0. The van der Waals surface area contributed by atoms with Gasteiger partial charge >= 0.3 is 0 Å². The molecule has 0 saturated carbocycles. The van der Waals surface area contributed by atoms with Crippen molar-refractivity contribution in [3.05, 3.63) is 64.1 Å². The van der Waals surface area contributed by atoms with Crippen molar-refractivity contribution in [1.82, 2.24) is 0 Å². The number of halogens is 2. The molecule has 94 valence electrons. The zero-order valence-electron chi connectivity index (χ0n) is 9.51. The Labute approximate surface area is 121 Å². The summed E-state index contributed by atoms with van der Waals surface area (Å²) in [5.74, 6) is 0.546. The fraction of sp³-hybridized carbons (Fsp3) is 0.143. The van der Waals surface area contributed by atoms with Gasteiger partial charge in [-0.3, -0.25) is 0 Å². The van der Waals surface area contributed by atoms with E-state index in [1.807, 2.05) is 36.4 Å². The molecule has 0 saturated heterocycles. The second-order valence-electron chi connectivity index (χ2n) is 3.81. The summed E-state index contributed by atoms with van der Waals surface area (Å²) in [4.78, 5) is 0.972.